The first-order valence-corrected chi connectivity index (χ1v) is 11.0. The molecular formula is C22H32N8O. The van der Waals surface area contributed by atoms with Gasteiger partial charge in [-0.2, -0.15) is 10.2 Å². The van der Waals surface area contributed by atoms with E-state index in [-0.39, 0.29) is 11.0 Å². The molecule has 1 aliphatic heterocycles. The van der Waals surface area contributed by atoms with E-state index < -0.39 is 0 Å². The molecule has 31 heavy (non-hydrogen) atoms. The lowest BCUT2D eigenvalue weighted by molar-refractivity contribution is 0.147. The first kappa shape index (κ1) is 21.4. The Morgan fingerprint density at radius 1 is 1.13 bits per heavy atom. The summed E-state index contributed by atoms with van der Waals surface area (Å²) in [5.74, 6) is 0.819. The number of fused-ring (bicyclic) bond motifs is 1. The molecule has 1 saturated heterocycles. The minimum Gasteiger partial charge on any atom is -0.368 e. The lowest BCUT2D eigenvalue weighted by Crippen LogP contribution is -2.45. The number of nitrogens with one attached hydrogen (secondary N) is 1. The molecule has 3 aromatic rings. The van der Waals surface area contributed by atoms with Crippen LogP contribution in [0.5, 0.6) is 0 Å². The van der Waals surface area contributed by atoms with Crippen molar-refractivity contribution in [1.82, 2.24) is 34.4 Å². The Kier molecular flexibility index (Phi) is 6.04. The van der Waals surface area contributed by atoms with E-state index in [0.29, 0.717) is 18.2 Å². The number of anilines is 1. The van der Waals surface area contributed by atoms with Crippen LogP contribution in [0.3, 0.4) is 0 Å². The Labute approximate surface area is 182 Å². The quantitative estimate of drug-likeness (QED) is 0.648. The fourth-order valence-electron chi connectivity index (χ4n) is 4.12. The van der Waals surface area contributed by atoms with Crippen LogP contribution < -0.4 is 10.9 Å². The summed E-state index contributed by atoms with van der Waals surface area (Å²) in [6, 6.07) is 3.86. The number of hydrogen-bond donors (Lipinski definition) is 1. The number of hydrogen-bond acceptors (Lipinski definition) is 7. The molecule has 4 rings (SSSR count). The third-order valence-corrected chi connectivity index (χ3v) is 5.92. The fourth-order valence-corrected chi connectivity index (χ4v) is 4.12. The molecular weight excluding hydrogens is 392 g/mol. The van der Waals surface area contributed by atoms with Crippen LogP contribution in [0, 0.1) is 0 Å². The minimum atomic E-state index is -0.0811. The van der Waals surface area contributed by atoms with E-state index in [0.717, 1.165) is 43.0 Å². The number of aromatic nitrogens is 6. The number of aryl methyl sites for hydroxylation is 1. The second-order valence-electron chi connectivity index (χ2n) is 9.36. The summed E-state index contributed by atoms with van der Waals surface area (Å²) >= 11 is 0. The molecule has 9 nitrogen and oxygen atoms in total. The second-order valence-corrected chi connectivity index (χ2v) is 9.36. The van der Waals surface area contributed by atoms with E-state index in [2.05, 4.69) is 51.2 Å². The lowest BCUT2D eigenvalue weighted by Gasteiger charge is -2.36. The van der Waals surface area contributed by atoms with Crippen LogP contribution in [0.4, 0.5) is 5.82 Å². The second kappa shape index (κ2) is 8.74. The average molecular weight is 425 g/mol. The molecule has 1 unspecified atom stereocenters. The van der Waals surface area contributed by atoms with Gasteiger partial charge in [-0.25, -0.2) is 14.6 Å². The molecule has 1 N–H and O–H groups in total. The van der Waals surface area contributed by atoms with Crippen molar-refractivity contribution in [3.05, 3.63) is 40.7 Å². The van der Waals surface area contributed by atoms with Gasteiger partial charge in [0, 0.05) is 43.9 Å². The first-order valence-electron chi connectivity index (χ1n) is 11.0. The van der Waals surface area contributed by atoms with E-state index >= 15 is 0 Å². The average Bonchev–Trinajstić information content (AvgIpc) is 3.12. The Hall–Kier alpha value is -2.81. The van der Waals surface area contributed by atoms with Crippen molar-refractivity contribution >= 4 is 16.9 Å². The van der Waals surface area contributed by atoms with Crippen LogP contribution in [-0.2, 0) is 19.0 Å². The predicted octanol–water partition coefficient (Wildman–Crippen LogP) is 2.18. The maximum Gasteiger partial charge on any atom is 0.266 e. The van der Waals surface area contributed by atoms with E-state index in [9.17, 15) is 4.79 Å². The molecule has 1 fully saturated rings. The maximum absolute atomic E-state index is 12.3. The van der Waals surface area contributed by atoms with Gasteiger partial charge in [0.15, 0.2) is 5.65 Å². The van der Waals surface area contributed by atoms with Crippen molar-refractivity contribution in [2.75, 3.05) is 25.0 Å². The molecule has 0 aromatic carbocycles. The highest BCUT2D eigenvalue weighted by Crippen LogP contribution is 2.21. The summed E-state index contributed by atoms with van der Waals surface area (Å²) in [5, 5.41) is 13.4. The number of rotatable bonds is 6. The van der Waals surface area contributed by atoms with Crippen LogP contribution in [0.2, 0.25) is 0 Å². The molecule has 9 heteroatoms. The highest BCUT2D eigenvalue weighted by molar-refractivity contribution is 5.85. The summed E-state index contributed by atoms with van der Waals surface area (Å²) in [4.78, 5) is 23.5. The molecule has 3 aromatic heterocycles. The molecule has 0 radical (unpaired) electrons. The number of likely N-dealkylation sites (tertiary alicyclic amines) is 1. The molecule has 0 spiro atoms. The van der Waals surface area contributed by atoms with Crippen molar-refractivity contribution in [3.63, 3.8) is 0 Å². The summed E-state index contributed by atoms with van der Waals surface area (Å²) in [6.07, 6.45) is 7.01. The third-order valence-electron chi connectivity index (χ3n) is 5.92. The minimum absolute atomic E-state index is 0.0420. The van der Waals surface area contributed by atoms with Gasteiger partial charge in [-0.15, -0.1) is 0 Å². The van der Waals surface area contributed by atoms with E-state index in [1.807, 2.05) is 19.3 Å². The Balaban J connectivity index is 1.43. The van der Waals surface area contributed by atoms with Gasteiger partial charge in [0.25, 0.3) is 5.56 Å². The van der Waals surface area contributed by atoms with E-state index in [1.165, 1.54) is 12.8 Å². The van der Waals surface area contributed by atoms with Gasteiger partial charge in [-0.1, -0.05) is 27.2 Å². The molecule has 4 heterocycles. The van der Waals surface area contributed by atoms with Gasteiger partial charge in [0.2, 0.25) is 0 Å². The zero-order valence-electron chi connectivity index (χ0n) is 18.9. The van der Waals surface area contributed by atoms with E-state index in [4.69, 9.17) is 0 Å². The predicted molar refractivity (Wildman–Crippen MR) is 121 cm³/mol. The van der Waals surface area contributed by atoms with Gasteiger partial charge in [-0.05, 0) is 25.5 Å². The van der Waals surface area contributed by atoms with Crippen LogP contribution in [0.25, 0.3) is 11.0 Å². The molecule has 1 atom stereocenters. The first-order chi connectivity index (χ1) is 14.8. The Morgan fingerprint density at radius 3 is 2.77 bits per heavy atom. The fraction of sp³-hybridized carbons (Fsp3) is 0.591. The maximum atomic E-state index is 12.3. The summed E-state index contributed by atoms with van der Waals surface area (Å²) in [7, 11) is 1.89. The van der Waals surface area contributed by atoms with Crippen LogP contribution >= 0.6 is 0 Å². The molecule has 0 saturated carbocycles. The Morgan fingerprint density at radius 2 is 1.97 bits per heavy atom. The molecule has 0 amide bonds. The lowest BCUT2D eigenvalue weighted by atomic mass is 9.92. The Bertz CT molecular complexity index is 1100. The number of nitrogens with zero attached hydrogens (tertiary/aromatic N) is 7. The van der Waals surface area contributed by atoms with Crippen molar-refractivity contribution in [2.24, 2.45) is 7.05 Å². The standard InChI is InChI=1S/C22H32N8O/c1-22(2,3)18-8-9-19(31)30(26-18)12-11-29-10-6-5-7-16(29)13-23-20-17-14-28(4)27-21(17)25-15-24-20/h8-9,14-16H,5-7,10-13H2,1-4H3,(H,23,24,25,27). The van der Waals surface area contributed by atoms with Crippen LogP contribution in [0.15, 0.2) is 29.5 Å². The van der Waals surface area contributed by atoms with Gasteiger partial charge in [-0.3, -0.25) is 14.4 Å². The largest absolute Gasteiger partial charge is 0.368 e. The topological polar surface area (TPSA) is 93.8 Å². The van der Waals surface area contributed by atoms with Crippen molar-refractivity contribution in [1.29, 1.82) is 0 Å². The van der Waals surface area contributed by atoms with Gasteiger partial charge < -0.3 is 5.32 Å². The highest BCUT2D eigenvalue weighted by atomic mass is 16.1. The smallest absolute Gasteiger partial charge is 0.266 e. The zero-order chi connectivity index (χ0) is 22.0. The molecule has 0 aliphatic carbocycles. The molecule has 1 aliphatic rings. The van der Waals surface area contributed by atoms with Gasteiger partial charge in [0.05, 0.1) is 17.6 Å². The summed E-state index contributed by atoms with van der Waals surface area (Å²) in [6.45, 7) is 9.57. The summed E-state index contributed by atoms with van der Waals surface area (Å²) in [5.41, 5.74) is 1.51. The van der Waals surface area contributed by atoms with Crippen molar-refractivity contribution in [3.8, 4) is 0 Å². The normalized spacial score (nSPS) is 17.9. The van der Waals surface area contributed by atoms with Gasteiger partial charge >= 0.3 is 0 Å². The van der Waals surface area contributed by atoms with Crippen molar-refractivity contribution < 1.29 is 0 Å². The van der Waals surface area contributed by atoms with Crippen LogP contribution in [-0.4, -0.2) is 60.1 Å². The van der Waals surface area contributed by atoms with Crippen LogP contribution in [0.1, 0.15) is 45.7 Å². The third kappa shape index (κ3) is 4.92. The highest BCUT2D eigenvalue weighted by Gasteiger charge is 2.23. The zero-order valence-corrected chi connectivity index (χ0v) is 18.9. The van der Waals surface area contributed by atoms with Crippen molar-refractivity contribution in [2.45, 2.75) is 58.0 Å². The SMILES string of the molecule is Cn1cc2c(NCC3CCCCN3CCn3nc(C(C)(C)C)ccc3=O)ncnc2n1. The summed E-state index contributed by atoms with van der Waals surface area (Å²) < 4.78 is 3.37. The van der Waals surface area contributed by atoms with Gasteiger partial charge in [0.1, 0.15) is 12.1 Å². The van der Waals surface area contributed by atoms with E-state index in [1.54, 1.807) is 21.8 Å². The monoisotopic (exact) mass is 424 g/mol. The molecule has 166 valence electrons. The molecule has 0 bridgehead atoms. The number of piperidine rings is 1.